The first-order valence-electron chi connectivity index (χ1n) is 9.17. The fourth-order valence-electron chi connectivity index (χ4n) is 4.10. The third-order valence-electron chi connectivity index (χ3n) is 5.53. The van der Waals surface area contributed by atoms with Crippen LogP contribution in [0.4, 0.5) is 0 Å². The Bertz CT molecular complexity index is 1010. The molecule has 1 atom stereocenters. The Hall–Kier alpha value is -2.38. The molecule has 5 rings (SSSR count). The van der Waals surface area contributed by atoms with Crippen molar-refractivity contribution in [2.45, 2.75) is 26.3 Å². The fourth-order valence-corrected chi connectivity index (χ4v) is 4.10. The number of nitrogens with zero attached hydrogens (tertiary/aromatic N) is 3. The summed E-state index contributed by atoms with van der Waals surface area (Å²) in [7, 11) is 0. The minimum atomic E-state index is 0.0150. The van der Waals surface area contributed by atoms with Gasteiger partial charge in [-0.15, -0.1) is 0 Å². The molecule has 3 aromatic heterocycles. The number of H-pyrrole nitrogens is 1. The number of nitrogens with one attached hydrogen (secondary N) is 1. The normalized spacial score (nSPS) is 20.7. The summed E-state index contributed by atoms with van der Waals surface area (Å²) in [5, 5.41) is 3.18. The van der Waals surface area contributed by atoms with E-state index in [9.17, 15) is 4.79 Å². The van der Waals surface area contributed by atoms with Crippen LogP contribution in [0.3, 0.4) is 0 Å². The van der Waals surface area contributed by atoms with E-state index >= 15 is 0 Å². The molecular weight excluding hydrogens is 332 g/mol. The molecule has 136 valence electrons. The third kappa shape index (κ3) is 2.59. The van der Waals surface area contributed by atoms with Crippen LogP contribution in [0.2, 0.25) is 0 Å². The van der Waals surface area contributed by atoms with Crippen LogP contribution in [-0.4, -0.2) is 45.8 Å². The van der Waals surface area contributed by atoms with Gasteiger partial charge in [-0.25, -0.2) is 9.50 Å². The average molecular weight is 354 g/mol. The van der Waals surface area contributed by atoms with E-state index in [2.05, 4.69) is 10.00 Å². The van der Waals surface area contributed by atoms with Gasteiger partial charge in [-0.05, 0) is 31.7 Å². The first kappa shape index (κ1) is 15.8. The van der Waals surface area contributed by atoms with E-state index in [4.69, 9.17) is 14.1 Å². The molecule has 1 fully saturated rings. The van der Waals surface area contributed by atoms with E-state index in [1.165, 1.54) is 0 Å². The highest BCUT2D eigenvalue weighted by atomic mass is 16.5. The molecule has 26 heavy (non-hydrogen) atoms. The Morgan fingerprint density at radius 1 is 1.42 bits per heavy atom. The van der Waals surface area contributed by atoms with Gasteiger partial charge in [-0.3, -0.25) is 14.8 Å². The molecule has 0 aromatic carbocycles. The van der Waals surface area contributed by atoms with Crippen LogP contribution in [0.1, 0.15) is 23.4 Å². The van der Waals surface area contributed by atoms with Gasteiger partial charge in [0.25, 0.3) is 5.56 Å². The van der Waals surface area contributed by atoms with Crippen LogP contribution in [0.5, 0.6) is 0 Å². The molecule has 7 heteroatoms. The van der Waals surface area contributed by atoms with Gasteiger partial charge < -0.3 is 9.15 Å². The van der Waals surface area contributed by atoms with Crippen LogP contribution < -0.4 is 5.56 Å². The van der Waals surface area contributed by atoms with Gasteiger partial charge in [0.15, 0.2) is 5.65 Å². The molecule has 5 heterocycles. The molecule has 0 radical (unpaired) electrons. The second-order valence-corrected chi connectivity index (χ2v) is 7.31. The second-order valence-electron chi connectivity index (χ2n) is 7.31. The number of furan rings is 1. The van der Waals surface area contributed by atoms with Crippen molar-refractivity contribution >= 4 is 5.65 Å². The van der Waals surface area contributed by atoms with E-state index < -0.39 is 0 Å². The van der Waals surface area contributed by atoms with E-state index in [0.717, 1.165) is 74.0 Å². The summed E-state index contributed by atoms with van der Waals surface area (Å²) in [5.74, 6) is 1.42. The van der Waals surface area contributed by atoms with Gasteiger partial charge in [-0.2, -0.15) is 0 Å². The van der Waals surface area contributed by atoms with Gasteiger partial charge in [0, 0.05) is 43.4 Å². The molecule has 0 spiro atoms. The Morgan fingerprint density at radius 2 is 2.35 bits per heavy atom. The standard InChI is InChI=1S/C19H22N4O3/c1-12-14(4-7-26-12)16-8-18-20-17-10-22(9-13-3-6-25-11-13)5-2-15(17)19(24)23(18)21-16/h4,7-8,13,21H,2-3,5-6,9-11H2,1H3. The van der Waals surface area contributed by atoms with Gasteiger partial charge in [-0.1, -0.05) is 0 Å². The molecule has 0 bridgehead atoms. The van der Waals surface area contributed by atoms with Crippen molar-refractivity contribution < 1.29 is 9.15 Å². The third-order valence-corrected chi connectivity index (χ3v) is 5.53. The summed E-state index contributed by atoms with van der Waals surface area (Å²) in [6, 6.07) is 3.82. The minimum absolute atomic E-state index is 0.0150. The van der Waals surface area contributed by atoms with Gasteiger partial charge in [0.1, 0.15) is 5.76 Å². The molecule has 0 amide bonds. The number of ether oxygens (including phenoxy) is 1. The van der Waals surface area contributed by atoms with Crippen LogP contribution >= 0.6 is 0 Å². The van der Waals surface area contributed by atoms with E-state index in [1.807, 2.05) is 19.1 Å². The average Bonchev–Trinajstić information content (AvgIpc) is 3.35. The number of fused-ring (bicyclic) bond motifs is 2. The lowest BCUT2D eigenvalue weighted by Crippen LogP contribution is -2.38. The van der Waals surface area contributed by atoms with Gasteiger partial charge in [0.2, 0.25) is 0 Å². The van der Waals surface area contributed by atoms with Crippen molar-refractivity contribution in [1.29, 1.82) is 0 Å². The number of aromatic amines is 1. The summed E-state index contributed by atoms with van der Waals surface area (Å²) in [4.78, 5) is 20.1. The van der Waals surface area contributed by atoms with Crippen LogP contribution in [-0.2, 0) is 17.7 Å². The lowest BCUT2D eigenvalue weighted by atomic mass is 10.0. The molecule has 2 aliphatic heterocycles. The summed E-state index contributed by atoms with van der Waals surface area (Å²) in [6.07, 6.45) is 3.53. The largest absolute Gasteiger partial charge is 0.469 e. The molecule has 3 aromatic rings. The number of rotatable bonds is 3. The SMILES string of the molecule is Cc1occc1-c1cc2nc3c(c(=O)n2[nH]1)CCN(CC1CCOC1)C3. The van der Waals surface area contributed by atoms with Crippen LogP contribution in [0, 0.1) is 12.8 Å². The smallest absolute Gasteiger partial charge is 0.276 e. The van der Waals surface area contributed by atoms with Crippen molar-refractivity contribution in [3.63, 3.8) is 0 Å². The quantitative estimate of drug-likeness (QED) is 0.778. The second kappa shape index (κ2) is 6.10. The predicted molar refractivity (Wildman–Crippen MR) is 96.2 cm³/mol. The molecular formula is C19H22N4O3. The monoisotopic (exact) mass is 354 g/mol. The highest BCUT2D eigenvalue weighted by Gasteiger charge is 2.26. The van der Waals surface area contributed by atoms with Gasteiger partial charge in [0.05, 0.1) is 24.3 Å². The molecule has 7 nitrogen and oxygen atoms in total. The first-order chi connectivity index (χ1) is 12.7. The zero-order chi connectivity index (χ0) is 17.7. The fraction of sp³-hybridized carbons (Fsp3) is 0.474. The Kier molecular flexibility index (Phi) is 3.72. The maximum Gasteiger partial charge on any atom is 0.276 e. The molecule has 1 unspecified atom stereocenters. The van der Waals surface area contributed by atoms with Crippen molar-refractivity contribution in [2.24, 2.45) is 5.92 Å². The Morgan fingerprint density at radius 3 is 3.12 bits per heavy atom. The van der Waals surface area contributed by atoms with Crippen molar-refractivity contribution in [3.8, 4) is 11.3 Å². The van der Waals surface area contributed by atoms with Crippen molar-refractivity contribution in [1.82, 2.24) is 19.5 Å². The van der Waals surface area contributed by atoms with Crippen molar-refractivity contribution in [2.75, 3.05) is 26.3 Å². The highest BCUT2D eigenvalue weighted by molar-refractivity contribution is 5.65. The minimum Gasteiger partial charge on any atom is -0.469 e. The van der Waals surface area contributed by atoms with E-state index in [-0.39, 0.29) is 5.56 Å². The van der Waals surface area contributed by atoms with Crippen LogP contribution in [0.25, 0.3) is 16.9 Å². The predicted octanol–water partition coefficient (Wildman–Crippen LogP) is 1.99. The van der Waals surface area contributed by atoms with E-state index in [1.54, 1.807) is 10.8 Å². The summed E-state index contributed by atoms with van der Waals surface area (Å²) >= 11 is 0. The number of aryl methyl sites for hydroxylation is 1. The first-order valence-corrected chi connectivity index (χ1v) is 9.17. The Balaban J connectivity index is 1.49. The molecule has 0 aliphatic carbocycles. The number of aromatic nitrogens is 3. The zero-order valence-corrected chi connectivity index (χ0v) is 14.8. The maximum atomic E-state index is 12.9. The zero-order valence-electron chi connectivity index (χ0n) is 14.8. The lowest BCUT2D eigenvalue weighted by Gasteiger charge is -2.29. The summed E-state index contributed by atoms with van der Waals surface area (Å²) in [5.41, 5.74) is 4.23. The topological polar surface area (TPSA) is 75.8 Å². The summed E-state index contributed by atoms with van der Waals surface area (Å²) in [6.45, 7) is 6.29. The Labute approximate surface area is 150 Å². The molecule has 2 aliphatic rings. The number of hydrogen-bond acceptors (Lipinski definition) is 5. The van der Waals surface area contributed by atoms with Gasteiger partial charge >= 0.3 is 0 Å². The molecule has 1 saturated heterocycles. The lowest BCUT2D eigenvalue weighted by molar-refractivity contribution is 0.161. The van der Waals surface area contributed by atoms with Crippen molar-refractivity contribution in [3.05, 3.63) is 45.8 Å². The number of hydrogen-bond donors (Lipinski definition) is 1. The highest BCUT2D eigenvalue weighted by Crippen LogP contribution is 2.25. The van der Waals surface area contributed by atoms with Crippen LogP contribution in [0.15, 0.2) is 27.6 Å². The van der Waals surface area contributed by atoms with E-state index in [0.29, 0.717) is 11.6 Å². The maximum absolute atomic E-state index is 12.9. The molecule has 0 saturated carbocycles. The molecule has 1 N–H and O–H groups in total. The summed E-state index contributed by atoms with van der Waals surface area (Å²) < 4.78 is 12.4.